The molecule has 6 nitrogen and oxygen atoms in total. The van der Waals surface area contributed by atoms with Crippen molar-refractivity contribution < 1.29 is 24.5 Å². The van der Waals surface area contributed by atoms with Gasteiger partial charge in [-0.25, -0.2) is 0 Å². The highest BCUT2D eigenvalue weighted by Crippen LogP contribution is 2.39. The van der Waals surface area contributed by atoms with Gasteiger partial charge >= 0.3 is 0 Å². The molecular formula is C21H21NO5. The van der Waals surface area contributed by atoms with Gasteiger partial charge in [0, 0.05) is 12.1 Å². The fourth-order valence-corrected chi connectivity index (χ4v) is 3.22. The molecule has 2 N–H and O–H groups in total. The largest absolute Gasteiger partial charge is 0.507 e. The number of β-amino-alcohol motifs (C(OH)–C–C–N with tert-alkyl or cyclic N) is 1. The van der Waals surface area contributed by atoms with E-state index in [4.69, 9.17) is 4.74 Å². The van der Waals surface area contributed by atoms with Gasteiger partial charge in [0.15, 0.2) is 0 Å². The quantitative estimate of drug-likeness (QED) is 0.481. The zero-order valence-corrected chi connectivity index (χ0v) is 15.2. The molecule has 140 valence electrons. The molecule has 1 saturated heterocycles. The van der Waals surface area contributed by atoms with Gasteiger partial charge in [-0.1, -0.05) is 29.8 Å². The molecule has 1 heterocycles. The van der Waals surface area contributed by atoms with Crippen LogP contribution in [0.5, 0.6) is 5.75 Å². The predicted octanol–water partition coefficient (Wildman–Crippen LogP) is 2.42. The molecule has 1 amide bonds. The van der Waals surface area contributed by atoms with E-state index in [1.54, 1.807) is 24.3 Å². The summed E-state index contributed by atoms with van der Waals surface area (Å²) >= 11 is 0. The van der Waals surface area contributed by atoms with E-state index in [0.717, 1.165) is 5.56 Å². The third-order valence-corrected chi connectivity index (χ3v) is 4.64. The van der Waals surface area contributed by atoms with Crippen molar-refractivity contribution >= 4 is 17.4 Å². The fourth-order valence-electron chi connectivity index (χ4n) is 3.22. The summed E-state index contributed by atoms with van der Waals surface area (Å²) in [4.78, 5) is 26.4. The lowest BCUT2D eigenvalue weighted by molar-refractivity contribution is -0.140. The number of methoxy groups -OCH3 is 1. The summed E-state index contributed by atoms with van der Waals surface area (Å²) in [6, 6.07) is 13.2. The monoisotopic (exact) mass is 367 g/mol. The predicted molar refractivity (Wildman–Crippen MR) is 100 cm³/mol. The van der Waals surface area contributed by atoms with Crippen LogP contribution in [0.15, 0.2) is 54.1 Å². The number of Topliss-reactive ketones (excluding diaryl/α,β-unsaturated/α-hetero) is 1. The molecule has 1 atom stereocenters. The number of hydrogen-bond acceptors (Lipinski definition) is 5. The Labute approximate surface area is 157 Å². The number of ether oxygens (including phenoxy) is 1. The first-order valence-electron chi connectivity index (χ1n) is 8.58. The summed E-state index contributed by atoms with van der Waals surface area (Å²) in [5.74, 6) is -1.13. The van der Waals surface area contributed by atoms with E-state index in [1.807, 2.05) is 31.2 Å². The number of ketones is 1. The van der Waals surface area contributed by atoms with E-state index in [-0.39, 0.29) is 24.5 Å². The van der Waals surface area contributed by atoms with Gasteiger partial charge in [0.25, 0.3) is 11.7 Å². The van der Waals surface area contributed by atoms with Gasteiger partial charge < -0.3 is 19.8 Å². The summed E-state index contributed by atoms with van der Waals surface area (Å²) in [5, 5.41) is 20.2. The highest BCUT2D eigenvalue weighted by atomic mass is 16.5. The number of rotatable bonds is 5. The Morgan fingerprint density at radius 3 is 2.26 bits per heavy atom. The van der Waals surface area contributed by atoms with Crippen LogP contribution in [0.25, 0.3) is 5.76 Å². The zero-order valence-electron chi connectivity index (χ0n) is 15.2. The third kappa shape index (κ3) is 3.44. The van der Waals surface area contributed by atoms with Crippen molar-refractivity contribution in [2.24, 2.45) is 0 Å². The zero-order chi connectivity index (χ0) is 19.6. The van der Waals surface area contributed by atoms with Crippen molar-refractivity contribution in [1.29, 1.82) is 0 Å². The summed E-state index contributed by atoms with van der Waals surface area (Å²) in [6.07, 6.45) is 0. The van der Waals surface area contributed by atoms with Crippen molar-refractivity contribution in [1.82, 2.24) is 4.90 Å². The van der Waals surface area contributed by atoms with Crippen LogP contribution in [-0.4, -0.2) is 47.1 Å². The molecule has 6 heteroatoms. The van der Waals surface area contributed by atoms with Crippen LogP contribution >= 0.6 is 0 Å². The number of nitrogens with zero attached hydrogens (tertiary/aromatic N) is 1. The molecule has 2 aromatic rings. The first-order chi connectivity index (χ1) is 13.0. The van der Waals surface area contributed by atoms with Crippen molar-refractivity contribution in [2.75, 3.05) is 20.3 Å². The molecule has 27 heavy (non-hydrogen) atoms. The number of carbonyl (C=O) groups is 2. The minimum absolute atomic E-state index is 0.00249. The molecule has 0 saturated carbocycles. The molecular weight excluding hydrogens is 346 g/mol. The first kappa shape index (κ1) is 18.7. The number of aliphatic hydroxyl groups is 2. The number of amides is 1. The Morgan fingerprint density at radius 1 is 1.07 bits per heavy atom. The second kappa shape index (κ2) is 7.63. The number of carbonyl (C=O) groups excluding carboxylic acids is 2. The standard InChI is InChI=1S/C21H21NO5/c1-13-3-5-14(6-4-13)18-17(20(25)21(26)22(18)11-12-23)19(24)15-7-9-16(27-2)10-8-15/h3-10,18,23-24H,11-12H2,1-2H3/b19-17-. The lowest BCUT2D eigenvalue weighted by Gasteiger charge is -2.24. The molecule has 0 bridgehead atoms. The SMILES string of the molecule is COc1ccc(/C(O)=C2/C(=O)C(=O)N(CCO)C2c2ccc(C)cc2)cc1. The van der Waals surface area contributed by atoms with Crippen molar-refractivity contribution in [3.05, 3.63) is 70.8 Å². The number of likely N-dealkylation sites (tertiary alicyclic amines) is 1. The van der Waals surface area contributed by atoms with E-state index in [2.05, 4.69) is 0 Å². The number of aryl methyl sites for hydroxylation is 1. The molecule has 1 fully saturated rings. The van der Waals surface area contributed by atoms with Gasteiger partial charge in [-0.2, -0.15) is 0 Å². The van der Waals surface area contributed by atoms with Crippen LogP contribution < -0.4 is 4.74 Å². The van der Waals surface area contributed by atoms with Crippen molar-refractivity contribution in [2.45, 2.75) is 13.0 Å². The molecule has 1 aliphatic heterocycles. The van der Waals surface area contributed by atoms with Crippen LogP contribution in [0.1, 0.15) is 22.7 Å². The van der Waals surface area contributed by atoms with E-state index in [1.165, 1.54) is 12.0 Å². The summed E-state index contributed by atoms with van der Waals surface area (Å²) in [5.41, 5.74) is 2.16. The second-order valence-corrected chi connectivity index (χ2v) is 6.36. The van der Waals surface area contributed by atoms with Gasteiger partial charge in [-0.3, -0.25) is 9.59 Å². The molecule has 3 rings (SSSR count). The molecule has 1 aliphatic rings. The maximum Gasteiger partial charge on any atom is 0.295 e. The molecule has 0 aliphatic carbocycles. The van der Waals surface area contributed by atoms with Gasteiger partial charge in [0.1, 0.15) is 11.5 Å². The summed E-state index contributed by atoms with van der Waals surface area (Å²) in [7, 11) is 1.53. The van der Waals surface area contributed by atoms with Crippen molar-refractivity contribution in [3.8, 4) is 5.75 Å². The molecule has 0 radical (unpaired) electrons. The van der Waals surface area contributed by atoms with E-state index in [9.17, 15) is 19.8 Å². The Hall–Kier alpha value is -3.12. The molecule has 0 spiro atoms. The van der Waals surface area contributed by atoms with Crippen LogP contribution in [0.4, 0.5) is 0 Å². The Morgan fingerprint density at radius 2 is 1.70 bits per heavy atom. The van der Waals surface area contributed by atoms with Crippen LogP contribution in [-0.2, 0) is 9.59 Å². The normalized spacial score (nSPS) is 18.8. The van der Waals surface area contributed by atoms with E-state index < -0.39 is 17.7 Å². The summed E-state index contributed by atoms with van der Waals surface area (Å²) in [6.45, 7) is 1.66. The lowest BCUT2D eigenvalue weighted by Crippen LogP contribution is -2.32. The Bertz CT molecular complexity index is 884. The van der Waals surface area contributed by atoms with E-state index >= 15 is 0 Å². The lowest BCUT2D eigenvalue weighted by atomic mass is 9.95. The average molecular weight is 367 g/mol. The fraction of sp³-hybridized carbons (Fsp3) is 0.238. The molecule has 0 aromatic heterocycles. The number of hydrogen-bond donors (Lipinski definition) is 2. The average Bonchev–Trinajstić information content (AvgIpc) is 2.93. The van der Waals surface area contributed by atoms with Gasteiger partial charge in [-0.15, -0.1) is 0 Å². The van der Waals surface area contributed by atoms with Gasteiger partial charge in [0.05, 0.1) is 25.3 Å². The maximum absolute atomic E-state index is 12.7. The van der Waals surface area contributed by atoms with Crippen LogP contribution in [0.2, 0.25) is 0 Å². The molecule has 1 unspecified atom stereocenters. The Kier molecular flexibility index (Phi) is 5.28. The number of benzene rings is 2. The van der Waals surface area contributed by atoms with E-state index in [0.29, 0.717) is 16.9 Å². The number of aliphatic hydroxyl groups excluding tert-OH is 2. The second-order valence-electron chi connectivity index (χ2n) is 6.36. The highest BCUT2D eigenvalue weighted by Gasteiger charge is 2.45. The Balaban J connectivity index is 2.14. The molecule has 2 aromatic carbocycles. The maximum atomic E-state index is 12.7. The minimum Gasteiger partial charge on any atom is -0.507 e. The summed E-state index contributed by atoms with van der Waals surface area (Å²) < 4.78 is 5.11. The van der Waals surface area contributed by atoms with Crippen LogP contribution in [0.3, 0.4) is 0 Å². The van der Waals surface area contributed by atoms with Crippen molar-refractivity contribution in [3.63, 3.8) is 0 Å². The minimum atomic E-state index is -0.762. The topological polar surface area (TPSA) is 87.1 Å². The van der Waals surface area contributed by atoms with Crippen LogP contribution in [0, 0.1) is 6.92 Å². The smallest absolute Gasteiger partial charge is 0.295 e. The van der Waals surface area contributed by atoms with Gasteiger partial charge in [0.2, 0.25) is 0 Å². The third-order valence-electron chi connectivity index (χ3n) is 4.64. The van der Waals surface area contributed by atoms with Gasteiger partial charge in [-0.05, 0) is 36.8 Å². The highest BCUT2D eigenvalue weighted by molar-refractivity contribution is 6.46. The first-order valence-corrected chi connectivity index (χ1v) is 8.58.